The molecule has 0 aliphatic carbocycles. The largest absolute Gasteiger partial charge is 0.405 e. The monoisotopic (exact) mass is 794 g/mol. The van der Waals surface area contributed by atoms with E-state index < -0.39 is 16.6 Å². The zero-order valence-corrected chi connectivity index (χ0v) is 36.8. The number of terminal acetylenes is 1. The van der Waals surface area contributed by atoms with Crippen molar-refractivity contribution in [2.45, 2.75) is 116 Å². The Balaban J connectivity index is 0.000000347. The van der Waals surface area contributed by atoms with Crippen molar-refractivity contribution >= 4 is 43.7 Å². The molecule has 0 saturated carbocycles. The van der Waals surface area contributed by atoms with Gasteiger partial charge in [0.25, 0.3) is 16.6 Å². The van der Waals surface area contributed by atoms with Crippen molar-refractivity contribution in [1.82, 2.24) is 0 Å². The maximum Gasteiger partial charge on any atom is 0.261 e. The van der Waals surface area contributed by atoms with Crippen LogP contribution in [0.5, 0.6) is 0 Å². The maximum atomic E-state index is 10.6. The minimum atomic E-state index is -2.46. The molecule has 0 fully saturated rings. The van der Waals surface area contributed by atoms with Gasteiger partial charge in [-0.05, 0) is 70.4 Å². The molecular formula is C45H60O3Si2Zr. The molecule has 4 rings (SSSR count). The van der Waals surface area contributed by atoms with Gasteiger partial charge >= 0.3 is 0 Å². The average Bonchev–Trinajstić information content (AvgIpc) is 3.10. The molecule has 0 heterocycles. The standard InChI is InChI=1S/C23H30OSi.C22H30O2Si.Zr/c1-6-7-10-15-20(2)24-25(23(3,4)5,21-16-11-8-12-17-21)22-18-13-9-14-19-22;1-19(13-11-12-18-23)24-25(22(2,3)4,20-14-7-5-8-15-20)21-16-9-6-10-17-21;/h1,8-9,11-14,16-20H,7,10,15H2,2-5H3;5-10,14-19H,11-13H2,1-4H3;/t20-;19-;/m00./s1. The quantitative estimate of drug-likeness (QED) is 0.0522. The molecule has 0 N–H and O–H groups in total. The second-order valence-corrected chi connectivity index (χ2v) is 23.9. The van der Waals surface area contributed by atoms with Gasteiger partial charge in [0.1, 0.15) is 6.29 Å². The molecule has 0 unspecified atom stereocenters. The van der Waals surface area contributed by atoms with Crippen LogP contribution in [-0.2, 0) is 39.8 Å². The van der Waals surface area contributed by atoms with Crippen molar-refractivity contribution in [3.8, 4) is 12.3 Å². The van der Waals surface area contributed by atoms with E-state index in [0.717, 1.165) is 38.4 Å². The number of rotatable bonds is 15. The Morgan fingerprint density at radius 3 is 1.14 bits per heavy atom. The van der Waals surface area contributed by atoms with E-state index in [1.54, 1.807) is 0 Å². The Bertz CT molecular complexity index is 1500. The van der Waals surface area contributed by atoms with Gasteiger partial charge in [0.15, 0.2) is 0 Å². The van der Waals surface area contributed by atoms with E-state index in [1.165, 1.54) is 20.7 Å². The summed E-state index contributed by atoms with van der Waals surface area (Å²) in [6, 6.07) is 43.0. The van der Waals surface area contributed by atoms with Crippen molar-refractivity contribution in [3.05, 3.63) is 121 Å². The van der Waals surface area contributed by atoms with Gasteiger partial charge in [-0.15, -0.1) is 12.3 Å². The van der Waals surface area contributed by atoms with Crippen LogP contribution in [0.2, 0.25) is 10.1 Å². The summed E-state index contributed by atoms with van der Waals surface area (Å²) in [5.41, 5.74) is 0. The van der Waals surface area contributed by atoms with Crippen molar-refractivity contribution in [2.75, 3.05) is 0 Å². The molecule has 3 nitrogen and oxygen atoms in total. The summed E-state index contributed by atoms with van der Waals surface area (Å²) in [6.45, 7) is 18.1. The van der Waals surface area contributed by atoms with E-state index in [1.807, 2.05) is 0 Å². The van der Waals surface area contributed by atoms with E-state index in [-0.39, 0.29) is 48.5 Å². The molecule has 0 aliphatic rings. The summed E-state index contributed by atoms with van der Waals surface area (Å²) in [5.74, 6) is 2.74. The molecule has 6 heteroatoms. The second kappa shape index (κ2) is 21.1. The average molecular weight is 796 g/mol. The molecule has 0 spiro atoms. The summed E-state index contributed by atoms with van der Waals surface area (Å²) >= 11 is 0. The first-order chi connectivity index (χ1) is 23.8. The topological polar surface area (TPSA) is 35.5 Å². The predicted octanol–water partition coefficient (Wildman–Crippen LogP) is 9.07. The first kappa shape index (κ1) is 44.5. The molecule has 4 aromatic rings. The Hall–Kier alpha value is -2.65. The van der Waals surface area contributed by atoms with Gasteiger partial charge in [-0.1, -0.05) is 163 Å². The smallest absolute Gasteiger partial charge is 0.261 e. The normalized spacial score (nSPS) is 13.1. The van der Waals surface area contributed by atoms with Crippen LogP contribution in [0.4, 0.5) is 0 Å². The number of aldehydes is 1. The minimum Gasteiger partial charge on any atom is -0.405 e. The van der Waals surface area contributed by atoms with E-state index in [4.69, 9.17) is 15.3 Å². The van der Waals surface area contributed by atoms with Gasteiger partial charge in [0.2, 0.25) is 0 Å². The number of carbonyl (C=O) groups is 1. The van der Waals surface area contributed by atoms with Gasteiger partial charge < -0.3 is 13.6 Å². The SMILES string of the molecule is C#CCCC[C@H](C)O[Si](c1ccccc1)(c1ccccc1)C(C)(C)C.C[C@@H](CCCC=O)O[Si](c1ccccc1)(c1ccccc1)C(C)(C)C.[Zr]. The molecule has 0 aliphatic heterocycles. The van der Waals surface area contributed by atoms with Crippen LogP contribution in [0.1, 0.15) is 93.9 Å². The first-order valence-electron chi connectivity index (χ1n) is 18.3. The Morgan fingerprint density at radius 2 is 0.882 bits per heavy atom. The summed E-state index contributed by atoms with van der Waals surface area (Å²) in [6.07, 6.45) is 11.9. The number of hydrogen-bond donors (Lipinski definition) is 0. The third kappa shape index (κ3) is 11.7. The molecule has 0 bridgehead atoms. The van der Waals surface area contributed by atoms with E-state index in [0.29, 0.717) is 6.42 Å². The Kier molecular flexibility index (Phi) is 18.5. The Morgan fingerprint density at radius 1 is 0.588 bits per heavy atom. The van der Waals surface area contributed by atoms with Gasteiger partial charge in [-0.3, -0.25) is 0 Å². The fourth-order valence-corrected chi connectivity index (χ4v) is 16.6. The van der Waals surface area contributed by atoms with Crippen LogP contribution in [0.15, 0.2) is 121 Å². The van der Waals surface area contributed by atoms with Gasteiger partial charge in [-0.2, -0.15) is 0 Å². The van der Waals surface area contributed by atoms with Crippen molar-refractivity contribution in [2.24, 2.45) is 0 Å². The Labute approximate surface area is 331 Å². The summed E-state index contributed by atoms with van der Waals surface area (Å²) in [7, 11) is -4.89. The number of hydrogen-bond acceptors (Lipinski definition) is 3. The minimum absolute atomic E-state index is 0. The third-order valence-electron chi connectivity index (χ3n) is 9.45. The predicted molar refractivity (Wildman–Crippen MR) is 219 cm³/mol. The second-order valence-electron chi connectivity index (χ2n) is 15.4. The number of carbonyl (C=O) groups excluding carboxylic acids is 1. The number of unbranched alkanes of at least 4 members (excludes halogenated alkanes) is 2. The molecule has 0 radical (unpaired) electrons. The zero-order chi connectivity index (χ0) is 36.7. The molecule has 0 aromatic heterocycles. The summed E-state index contributed by atoms with van der Waals surface area (Å²) in [5, 5.41) is 5.28. The molecule has 0 amide bonds. The van der Waals surface area contributed by atoms with Crippen molar-refractivity contribution in [1.29, 1.82) is 0 Å². The van der Waals surface area contributed by atoms with Crippen LogP contribution in [0.3, 0.4) is 0 Å². The zero-order valence-electron chi connectivity index (χ0n) is 32.3. The molecule has 0 saturated heterocycles. The first-order valence-corrected chi connectivity index (χ1v) is 22.1. The number of benzene rings is 4. The van der Waals surface area contributed by atoms with Gasteiger partial charge in [0, 0.05) is 51.3 Å². The molecule has 51 heavy (non-hydrogen) atoms. The van der Waals surface area contributed by atoms with E-state index in [2.05, 4.69) is 183 Å². The third-order valence-corrected chi connectivity index (χ3v) is 19.8. The molecular weight excluding hydrogens is 736 g/mol. The van der Waals surface area contributed by atoms with Crippen LogP contribution in [0, 0.1) is 12.3 Å². The van der Waals surface area contributed by atoms with E-state index in [9.17, 15) is 4.79 Å². The van der Waals surface area contributed by atoms with Crippen LogP contribution < -0.4 is 20.7 Å². The van der Waals surface area contributed by atoms with Crippen molar-refractivity contribution in [3.63, 3.8) is 0 Å². The fraction of sp³-hybridized carbons (Fsp3) is 0.400. The molecule has 2 atom stereocenters. The molecule has 4 aromatic carbocycles. The maximum absolute atomic E-state index is 10.6. The van der Waals surface area contributed by atoms with Crippen LogP contribution >= 0.6 is 0 Å². The fourth-order valence-electron chi connectivity index (χ4n) is 7.08. The molecule has 270 valence electrons. The summed E-state index contributed by atoms with van der Waals surface area (Å²) < 4.78 is 13.9. The van der Waals surface area contributed by atoms with Crippen molar-refractivity contribution < 1.29 is 39.8 Å². The van der Waals surface area contributed by atoms with E-state index >= 15 is 0 Å². The van der Waals surface area contributed by atoms with Crippen LogP contribution in [0.25, 0.3) is 0 Å². The van der Waals surface area contributed by atoms with Gasteiger partial charge in [0.05, 0.1) is 0 Å². The van der Waals surface area contributed by atoms with Gasteiger partial charge in [-0.25, -0.2) is 0 Å². The van der Waals surface area contributed by atoms with Crippen LogP contribution in [-0.4, -0.2) is 35.1 Å². The summed E-state index contributed by atoms with van der Waals surface area (Å²) in [4.78, 5) is 10.6.